The van der Waals surface area contributed by atoms with Gasteiger partial charge in [-0.15, -0.1) is 0 Å². The van der Waals surface area contributed by atoms with Gasteiger partial charge in [-0.05, 0) is 30.7 Å². The van der Waals surface area contributed by atoms with Crippen molar-refractivity contribution in [2.24, 2.45) is 0 Å². The molecule has 1 amide bonds. The number of aromatic amines is 1. The number of hydrogen-bond acceptors (Lipinski definition) is 5. The second-order valence-corrected chi connectivity index (χ2v) is 7.96. The Labute approximate surface area is 164 Å². The number of fused-ring (bicyclic) bond motifs is 1. The fourth-order valence-electron chi connectivity index (χ4n) is 2.66. The van der Waals surface area contributed by atoms with Crippen molar-refractivity contribution in [3.05, 3.63) is 53.4 Å². The Hall–Kier alpha value is -3.52. The number of halogens is 2. The summed E-state index contributed by atoms with van der Waals surface area (Å²) in [6, 6.07) is 6.60. The third-order valence-corrected chi connectivity index (χ3v) is 5.38. The van der Waals surface area contributed by atoms with Crippen molar-refractivity contribution in [2.75, 3.05) is 15.8 Å². The number of anilines is 2. The third-order valence-electron chi connectivity index (χ3n) is 3.90. The number of carbonyl (C=O) groups is 1. The molecular formula is C18H15F2N5O3S. The molecule has 0 spiro atoms. The first-order chi connectivity index (χ1) is 13.7. The molecule has 3 rings (SSSR count). The number of pyridine rings is 1. The molecule has 0 bridgehead atoms. The summed E-state index contributed by atoms with van der Waals surface area (Å²) in [7, 11) is -3.83. The number of nitrogens with zero attached hydrogens (tertiary/aromatic N) is 2. The molecule has 0 atom stereocenters. The number of nitrogens with one attached hydrogen (secondary N) is 3. The molecule has 3 N–H and O–H groups in total. The van der Waals surface area contributed by atoms with Crippen molar-refractivity contribution in [1.29, 1.82) is 5.26 Å². The van der Waals surface area contributed by atoms with E-state index in [1.807, 2.05) is 10.8 Å². The van der Waals surface area contributed by atoms with Crippen LogP contribution in [0.2, 0.25) is 0 Å². The number of benzene rings is 1. The van der Waals surface area contributed by atoms with E-state index in [1.165, 1.54) is 18.3 Å². The monoisotopic (exact) mass is 419 g/mol. The van der Waals surface area contributed by atoms with Crippen LogP contribution in [0.15, 0.2) is 30.5 Å². The molecule has 0 aliphatic carbocycles. The second-order valence-electron chi connectivity index (χ2n) is 6.12. The third kappa shape index (κ3) is 4.33. The van der Waals surface area contributed by atoms with Crippen LogP contribution in [0.25, 0.3) is 11.0 Å². The number of nitriles is 1. The summed E-state index contributed by atoms with van der Waals surface area (Å²) in [4.78, 5) is 19.2. The summed E-state index contributed by atoms with van der Waals surface area (Å²) in [6.07, 6.45) is 1.55. The molecule has 8 nitrogen and oxygen atoms in total. The number of amides is 1. The highest BCUT2D eigenvalue weighted by molar-refractivity contribution is 7.92. The Morgan fingerprint density at radius 3 is 2.76 bits per heavy atom. The molecule has 0 aliphatic rings. The summed E-state index contributed by atoms with van der Waals surface area (Å²) in [5, 5.41) is 11.7. The van der Waals surface area contributed by atoms with Gasteiger partial charge in [0.2, 0.25) is 10.0 Å². The summed E-state index contributed by atoms with van der Waals surface area (Å²) in [5.74, 6) is -3.85. The molecule has 0 radical (unpaired) electrons. The van der Waals surface area contributed by atoms with Crippen molar-refractivity contribution in [3.8, 4) is 6.07 Å². The Kier molecular flexibility index (Phi) is 5.47. The number of aromatic nitrogens is 2. The molecule has 29 heavy (non-hydrogen) atoms. The van der Waals surface area contributed by atoms with Gasteiger partial charge in [0.15, 0.2) is 5.82 Å². The van der Waals surface area contributed by atoms with Crippen LogP contribution in [0.5, 0.6) is 0 Å². The number of hydrogen-bond donors (Lipinski definition) is 3. The fraction of sp³-hybridized carbons (Fsp3) is 0.167. The van der Waals surface area contributed by atoms with Gasteiger partial charge < -0.3 is 10.3 Å². The van der Waals surface area contributed by atoms with Crippen molar-refractivity contribution in [3.63, 3.8) is 0 Å². The summed E-state index contributed by atoms with van der Waals surface area (Å²) in [5.41, 5.74) is -0.650. The van der Waals surface area contributed by atoms with E-state index in [0.29, 0.717) is 17.5 Å². The smallest absolute Gasteiger partial charge is 0.261 e. The van der Waals surface area contributed by atoms with Crippen LogP contribution in [0.3, 0.4) is 0 Å². The molecular weight excluding hydrogens is 404 g/mol. The van der Waals surface area contributed by atoms with Crippen LogP contribution >= 0.6 is 0 Å². The quantitative estimate of drug-likeness (QED) is 0.566. The summed E-state index contributed by atoms with van der Waals surface area (Å²) >= 11 is 0. The average Bonchev–Trinajstić information content (AvgIpc) is 3.06. The molecule has 0 fully saturated rings. The lowest BCUT2D eigenvalue weighted by Crippen LogP contribution is -2.20. The number of rotatable bonds is 6. The van der Waals surface area contributed by atoms with Gasteiger partial charge >= 0.3 is 0 Å². The Morgan fingerprint density at radius 1 is 1.31 bits per heavy atom. The van der Waals surface area contributed by atoms with Gasteiger partial charge in [0, 0.05) is 5.39 Å². The van der Waals surface area contributed by atoms with Crippen molar-refractivity contribution >= 4 is 38.3 Å². The first-order valence-electron chi connectivity index (χ1n) is 8.42. The standard InChI is InChI=1S/C18H15F2N5O3S/c1-2-5-29(27,28)25-14-4-3-13(19)15(16(14)20)18(26)24-12-7-10-6-11(8-21)23-17(10)22-9-12/h3-4,6-7,9,25H,2,5H2,1H3,(H,22,23)(H,24,26). The van der Waals surface area contributed by atoms with Crippen LogP contribution in [0.1, 0.15) is 29.4 Å². The topological polar surface area (TPSA) is 128 Å². The van der Waals surface area contributed by atoms with E-state index in [1.54, 1.807) is 6.92 Å². The maximum Gasteiger partial charge on any atom is 0.261 e. The van der Waals surface area contributed by atoms with Gasteiger partial charge in [-0.1, -0.05) is 6.92 Å². The maximum atomic E-state index is 14.7. The number of sulfonamides is 1. The lowest BCUT2D eigenvalue weighted by Gasteiger charge is -2.12. The highest BCUT2D eigenvalue weighted by atomic mass is 32.2. The number of H-pyrrole nitrogens is 1. The van der Waals surface area contributed by atoms with Crippen LogP contribution in [-0.2, 0) is 10.0 Å². The zero-order chi connectivity index (χ0) is 21.2. The van der Waals surface area contributed by atoms with E-state index < -0.39 is 38.8 Å². The largest absolute Gasteiger partial charge is 0.331 e. The summed E-state index contributed by atoms with van der Waals surface area (Å²) < 4.78 is 54.5. The molecule has 3 aromatic rings. The van der Waals surface area contributed by atoms with Gasteiger partial charge in [0.25, 0.3) is 5.91 Å². The minimum atomic E-state index is -3.83. The van der Waals surface area contributed by atoms with Crippen LogP contribution < -0.4 is 10.0 Å². The SMILES string of the molecule is CCCS(=O)(=O)Nc1ccc(F)c(C(=O)Nc2cnc3[nH]c(C#N)cc3c2)c1F. The van der Waals surface area contributed by atoms with Gasteiger partial charge in [-0.2, -0.15) is 5.26 Å². The minimum Gasteiger partial charge on any atom is -0.331 e. The zero-order valence-electron chi connectivity index (χ0n) is 15.1. The van der Waals surface area contributed by atoms with Gasteiger partial charge in [0.05, 0.1) is 23.3 Å². The minimum absolute atomic E-state index is 0.141. The average molecular weight is 419 g/mol. The molecule has 1 aromatic carbocycles. The highest BCUT2D eigenvalue weighted by Gasteiger charge is 2.23. The normalized spacial score (nSPS) is 11.2. The molecule has 2 aromatic heterocycles. The number of carbonyl (C=O) groups excluding carboxylic acids is 1. The van der Waals surface area contributed by atoms with Gasteiger partial charge in [-0.25, -0.2) is 22.2 Å². The summed E-state index contributed by atoms with van der Waals surface area (Å²) in [6.45, 7) is 1.63. The molecule has 0 aliphatic heterocycles. The predicted molar refractivity (Wildman–Crippen MR) is 103 cm³/mol. The predicted octanol–water partition coefficient (Wildman–Crippen LogP) is 3.12. The van der Waals surface area contributed by atoms with Gasteiger partial charge in [-0.3, -0.25) is 9.52 Å². The first kappa shape index (κ1) is 20.2. The van der Waals surface area contributed by atoms with Crippen molar-refractivity contribution in [2.45, 2.75) is 13.3 Å². The first-order valence-corrected chi connectivity index (χ1v) is 10.1. The van der Waals surface area contributed by atoms with E-state index >= 15 is 0 Å². The van der Waals surface area contributed by atoms with E-state index in [2.05, 4.69) is 15.3 Å². The molecule has 11 heteroatoms. The maximum absolute atomic E-state index is 14.7. The van der Waals surface area contributed by atoms with Crippen LogP contribution in [0, 0.1) is 23.0 Å². The zero-order valence-corrected chi connectivity index (χ0v) is 15.9. The fourth-order valence-corrected chi connectivity index (χ4v) is 3.80. The molecule has 0 saturated carbocycles. The van der Waals surface area contributed by atoms with E-state index in [9.17, 15) is 22.0 Å². The molecule has 2 heterocycles. The Morgan fingerprint density at radius 2 is 2.07 bits per heavy atom. The highest BCUT2D eigenvalue weighted by Crippen LogP contribution is 2.24. The van der Waals surface area contributed by atoms with Crippen LogP contribution in [0.4, 0.5) is 20.2 Å². The Bertz CT molecular complexity index is 1250. The second kappa shape index (κ2) is 7.84. The van der Waals surface area contributed by atoms with Gasteiger partial charge in [0.1, 0.15) is 28.8 Å². The molecule has 150 valence electrons. The van der Waals surface area contributed by atoms with Crippen molar-refractivity contribution < 1.29 is 22.0 Å². The molecule has 0 unspecified atom stereocenters. The lowest BCUT2D eigenvalue weighted by molar-refractivity contribution is 0.101. The Balaban J connectivity index is 1.90. The van der Waals surface area contributed by atoms with Crippen molar-refractivity contribution in [1.82, 2.24) is 9.97 Å². The molecule has 0 saturated heterocycles. The van der Waals surface area contributed by atoms with Crippen LogP contribution in [-0.4, -0.2) is 30.0 Å². The van der Waals surface area contributed by atoms with E-state index in [4.69, 9.17) is 5.26 Å². The van der Waals surface area contributed by atoms with E-state index in [0.717, 1.165) is 12.1 Å². The van der Waals surface area contributed by atoms with E-state index in [-0.39, 0.29) is 17.1 Å². The lowest BCUT2D eigenvalue weighted by atomic mass is 10.1.